The molecule has 1 saturated carbocycles. The largest absolute Gasteiger partial charge is 0.341 e. The van der Waals surface area contributed by atoms with E-state index >= 15 is 0 Å². The minimum Gasteiger partial charge on any atom is -0.341 e. The van der Waals surface area contributed by atoms with Crippen molar-refractivity contribution in [1.29, 1.82) is 0 Å². The van der Waals surface area contributed by atoms with Gasteiger partial charge >= 0.3 is 0 Å². The van der Waals surface area contributed by atoms with Crippen LogP contribution < -0.4 is 5.14 Å². The molecule has 5 nitrogen and oxygen atoms in total. The molecule has 7 heteroatoms. The predicted molar refractivity (Wildman–Crippen MR) is 77.2 cm³/mol. The number of sulfonamides is 1. The summed E-state index contributed by atoms with van der Waals surface area (Å²) in [5, 5.41) is 5.37. The summed E-state index contributed by atoms with van der Waals surface area (Å²) in [6.07, 6.45) is 2.27. The summed E-state index contributed by atoms with van der Waals surface area (Å²) in [5.74, 6) is 0.311. The van der Waals surface area contributed by atoms with Gasteiger partial charge in [-0.15, -0.1) is 0 Å². The summed E-state index contributed by atoms with van der Waals surface area (Å²) in [6.45, 7) is 2.24. The van der Waals surface area contributed by atoms with Crippen molar-refractivity contribution >= 4 is 27.5 Å². The summed E-state index contributed by atoms with van der Waals surface area (Å²) < 4.78 is 23.1. The molecule has 1 aromatic rings. The maximum absolute atomic E-state index is 12.3. The number of halogens is 1. The molecule has 0 spiro atoms. The monoisotopic (exact) mass is 316 g/mol. The van der Waals surface area contributed by atoms with Gasteiger partial charge in [0.25, 0.3) is 5.91 Å². The normalized spacial score (nSPS) is 15.2. The molecule has 0 atom stereocenters. The van der Waals surface area contributed by atoms with E-state index in [4.69, 9.17) is 16.7 Å². The number of rotatable bonds is 4. The molecule has 0 aromatic heterocycles. The maximum atomic E-state index is 12.3. The average molecular weight is 317 g/mol. The smallest absolute Gasteiger partial charge is 0.253 e. The van der Waals surface area contributed by atoms with E-state index in [2.05, 4.69) is 0 Å². The van der Waals surface area contributed by atoms with E-state index in [1.807, 2.05) is 0 Å². The minimum absolute atomic E-state index is 0.104. The van der Waals surface area contributed by atoms with Gasteiger partial charge in [0.2, 0.25) is 10.0 Å². The van der Waals surface area contributed by atoms with Crippen LogP contribution in [0.1, 0.15) is 28.8 Å². The van der Waals surface area contributed by atoms with Gasteiger partial charge in [-0.3, -0.25) is 4.79 Å². The van der Waals surface area contributed by atoms with E-state index in [9.17, 15) is 13.2 Å². The van der Waals surface area contributed by atoms with Crippen LogP contribution in [-0.4, -0.2) is 32.8 Å². The first-order valence-electron chi connectivity index (χ1n) is 6.28. The van der Waals surface area contributed by atoms with Crippen molar-refractivity contribution in [2.45, 2.75) is 24.7 Å². The van der Waals surface area contributed by atoms with Gasteiger partial charge in [0.15, 0.2) is 0 Å². The molecular weight excluding hydrogens is 300 g/mol. The summed E-state index contributed by atoms with van der Waals surface area (Å²) in [4.78, 5) is 13.8. The lowest BCUT2D eigenvalue weighted by Gasteiger charge is -2.18. The van der Waals surface area contributed by atoms with Crippen molar-refractivity contribution in [2.24, 2.45) is 11.1 Å². The van der Waals surface area contributed by atoms with Crippen molar-refractivity contribution < 1.29 is 13.2 Å². The molecule has 1 amide bonds. The molecule has 1 aliphatic carbocycles. The molecule has 1 fully saturated rings. The van der Waals surface area contributed by atoms with Gasteiger partial charge in [0.05, 0.1) is 4.90 Å². The predicted octanol–water partition coefficient (Wildman–Crippen LogP) is 1.78. The Labute approximate surface area is 123 Å². The van der Waals surface area contributed by atoms with Crippen LogP contribution in [0.5, 0.6) is 0 Å². The Morgan fingerprint density at radius 1 is 1.45 bits per heavy atom. The van der Waals surface area contributed by atoms with Crippen molar-refractivity contribution in [1.82, 2.24) is 4.90 Å². The molecule has 0 bridgehead atoms. The second-order valence-electron chi connectivity index (χ2n) is 5.26. The highest BCUT2D eigenvalue weighted by Crippen LogP contribution is 2.30. The van der Waals surface area contributed by atoms with Gasteiger partial charge in [-0.25, -0.2) is 13.6 Å². The van der Waals surface area contributed by atoms with Gasteiger partial charge in [-0.1, -0.05) is 11.6 Å². The molecule has 2 rings (SSSR count). The van der Waals surface area contributed by atoms with Gasteiger partial charge in [0.1, 0.15) is 0 Å². The molecule has 0 saturated heterocycles. The summed E-state index contributed by atoms with van der Waals surface area (Å²) in [6, 6.07) is 2.78. The van der Waals surface area contributed by atoms with Crippen molar-refractivity contribution in [2.75, 3.05) is 13.6 Å². The van der Waals surface area contributed by atoms with Crippen LogP contribution in [0, 0.1) is 12.8 Å². The highest BCUT2D eigenvalue weighted by Gasteiger charge is 2.26. The van der Waals surface area contributed by atoms with E-state index in [1.54, 1.807) is 18.9 Å². The van der Waals surface area contributed by atoms with Crippen LogP contribution in [-0.2, 0) is 10.0 Å². The lowest BCUT2D eigenvalue weighted by atomic mass is 10.1. The fraction of sp³-hybridized carbons (Fsp3) is 0.462. The molecule has 0 heterocycles. The molecule has 0 aliphatic heterocycles. The first kappa shape index (κ1) is 15.3. The SMILES string of the molecule is Cc1c(Cl)cc(C(=O)N(C)CC2CC2)cc1S(N)(=O)=O. The Balaban J connectivity index is 2.36. The van der Waals surface area contributed by atoms with Crippen molar-refractivity contribution in [3.05, 3.63) is 28.3 Å². The molecule has 110 valence electrons. The molecular formula is C13H17ClN2O3S. The number of carbonyl (C=O) groups is 1. The summed E-state index contributed by atoms with van der Waals surface area (Å²) in [5.41, 5.74) is 0.600. The standard InChI is InChI=1S/C13H17ClN2O3S/c1-8-11(14)5-10(6-12(8)20(15,18)19)13(17)16(2)7-9-3-4-9/h5-6,9H,3-4,7H2,1-2H3,(H2,15,18,19). The fourth-order valence-electron chi connectivity index (χ4n) is 2.06. The fourth-order valence-corrected chi connectivity index (χ4v) is 3.17. The van der Waals surface area contributed by atoms with E-state index in [0.29, 0.717) is 18.0 Å². The van der Waals surface area contributed by atoms with Crippen LogP contribution in [0.2, 0.25) is 5.02 Å². The Bertz CT molecular complexity index is 654. The van der Waals surface area contributed by atoms with Crippen molar-refractivity contribution in [3.8, 4) is 0 Å². The number of benzene rings is 1. The zero-order valence-corrected chi connectivity index (χ0v) is 13.0. The van der Waals surface area contributed by atoms with E-state index in [0.717, 1.165) is 12.8 Å². The third kappa shape index (κ3) is 3.31. The molecule has 1 aliphatic rings. The van der Waals surface area contributed by atoms with Crippen LogP contribution in [0.25, 0.3) is 0 Å². The second-order valence-corrected chi connectivity index (χ2v) is 7.19. The zero-order valence-electron chi connectivity index (χ0n) is 11.4. The van der Waals surface area contributed by atoms with Crippen molar-refractivity contribution in [3.63, 3.8) is 0 Å². The Kier molecular flexibility index (Phi) is 4.09. The zero-order chi connectivity index (χ0) is 15.1. The summed E-state index contributed by atoms with van der Waals surface area (Å²) in [7, 11) is -2.20. The molecule has 20 heavy (non-hydrogen) atoms. The molecule has 2 N–H and O–H groups in total. The number of hydrogen-bond acceptors (Lipinski definition) is 3. The highest BCUT2D eigenvalue weighted by molar-refractivity contribution is 7.89. The number of nitrogens with zero attached hydrogens (tertiary/aromatic N) is 1. The summed E-state index contributed by atoms with van der Waals surface area (Å²) >= 11 is 6.00. The third-order valence-electron chi connectivity index (χ3n) is 3.43. The van der Waals surface area contributed by atoms with Crippen LogP contribution in [0.3, 0.4) is 0 Å². The topological polar surface area (TPSA) is 80.5 Å². The van der Waals surface area contributed by atoms with Gasteiger partial charge in [-0.2, -0.15) is 0 Å². The number of nitrogens with two attached hydrogens (primary N) is 1. The second kappa shape index (κ2) is 5.35. The number of hydrogen-bond donors (Lipinski definition) is 1. The van der Waals surface area contributed by atoms with E-state index in [-0.39, 0.29) is 21.4 Å². The Morgan fingerprint density at radius 3 is 2.55 bits per heavy atom. The van der Waals surface area contributed by atoms with E-state index in [1.165, 1.54) is 12.1 Å². The number of amides is 1. The quantitative estimate of drug-likeness (QED) is 0.919. The lowest BCUT2D eigenvalue weighted by Crippen LogP contribution is -2.29. The molecule has 1 aromatic carbocycles. The van der Waals surface area contributed by atoms with Crippen LogP contribution in [0.15, 0.2) is 17.0 Å². The van der Waals surface area contributed by atoms with E-state index < -0.39 is 10.0 Å². The minimum atomic E-state index is -3.90. The van der Waals surface area contributed by atoms with Gasteiger partial charge < -0.3 is 4.90 Å². The van der Waals surface area contributed by atoms with Crippen LogP contribution >= 0.6 is 11.6 Å². The average Bonchev–Trinajstić information content (AvgIpc) is 3.13. The molecule has 0 unspecified atom stereocenters. The molecule has 0 radical (unpaired) electrons. The van der Waals surface area contributed by atoms with Gasteiger partial charge in [-0.05, 0) is 43.4 Å². The Hall–Kier alpha value is -1.11. The number of primary sulfonamides is 1. The lowest BCUT2D eigenvalue weighted by molar-refractivity contribution is 0.0788. The first-order valence-corrected chi connectivity index (χ1v) is 8.21. The van der Waals surface area contributed by atoms with Gasteiger partial charge in [0, 0.05) is 24.2 Å². The Morgan fingerprint density at radius 2 is 2.05 bits per heavy atom. The van der Waals surface area contributed by atoms with Crippen LogP contribution in [0.4, 0.5) is 0 Å². The number of carbonyl (C=O) groups excluding carboxylic acids is 1. The first-order chi connectivity index (χ1) is 9.20. The highest BCUT2D eigenvalue weighted by atomic mass is 35.5. The third-order valence-corrected chi connectivity index (χ3v) is 4.86. The maximum Gasteiger partial charge on any atom is 0.253 e.